The van der Waals surface area contributed by atoms with Crippen LogP contribution in [-0.2, 0) is 6.54 Å². The van der Waals surface area contributed by atoms with Crippen molar-refractivity contribution in [1.82, 2.24) is 19.8 Å². The lowest BCUT2D eigenvalue weighted by Crippen LogP contribution is -2.45. The average molecular weight is 397 g/mol. The number of aromatic nitrogens is 2. The molecule has 1 aliphatic rings. The van der Waals surface area contributed by atoms with Gasteiger partial charge in [0, 0.05) is 31.2 Å². The Kier molecular flexibility index (Phi) is 5.34. The molecule has 0 amide bonds. The normalized spacial score (nSPS) is 15.0. The molecular weight excluding hydrogens is 372 g/mol. The molecule has 0 radical (unpaired) electrons. The molecule has 3 aromatic rings. The van der Waals surface area contributed by atoms with E-state index in [1.165, 1.54) is 0 Å². The zero-order chi connectivity index (χ0) is 19.5. The highest BCUT2D eigenvalue weighted by molar-refractivity contribution is 7.80. The van der Waals surface area contributed by atoms with Gasteiger partial charge in [-0.05, 0) is 43.3 Å². The van der Waals surface area contributed by atoms with Crippen LogP contribution in [0.15, 0.2) is 53.3 Å². The standard InChI is InChI=1S/C21H24N4O2S/c1-27-19-9-5-2-6-15(19)14-22-21(28)24-12-10-16(11-13-24)25-18-8-4-3-7-17(18)23-20(25)26/h2-9,16H,10-14H2,1H3,(H,22,28)(H,23,26). The Morgan fingerprint density at radius 3 is 2.68 bits per heavy atom. The highest BCUT2D eigenvalue weighted by atomic mass is 32.1. The minimum Gasteiger partial charge on any atom is -0.496 e. The van der Waals surface area contributed by atoms with Gasteiger partial charge in [-0.3, -0.25) is 4.57 Å². The van der Waals surface area contributed by atoms with Crippen molar-refractivity contribution in [2.24, 2.45) is 0 Å². The van der Waals surface area contributed by atoms with Gasteiger partial charge in [0.1, 0.15) is 5.75 Å². The molecule has 2 N–H and O–H groups in total. The van der Waals surface area contributed by atoms with Gasteiger partial charge >= 0.3 is 5.69 Å². The summed E-state index contributed by atoms with van der Waals surface area (Å²) < 4.78 is 7.29. The number of hydrogen-bond donors (Lipinski definition) is 2. The Morgan fingerprint density at radius 1 is 1.18 bits per heavy atom. The van der Waals surface area contributed by atoms with E-state index in [4.69, 9.17) is 17.0 Å². The van der Waals surface area contributed by atoms with Crippen molar-refractivity contribution in [3.8, 4) is 5.75 Å². The van der Waals surface area contributed by atoms with Crippen molar-refractivity contribution in [1.29, 1.82) is 0 Å². The molecule has 2 aromatic carbocycles. The third-order valence-electron chi connectivity index (χ3n) is 5.36. The van der Waals surface area contributed by atoms with Crippen molar-refractivity contribution in [2.75, 3.05) is 20.2 Å². The van der Waals surface area contributed by atoms with Gasteiger partial charge in [0.05, 0.1) is 18.1 Å². The van der Waals surface area contributed by atoms with E-state index in [1.807, 2.05) is 53.1 Å². The summed E-state index contributed by atoms with van der Waals surface area (Å²) in [6, 6.07) is 16.0. The maximum absolute atomic E-state index is 12.4. The van der Waals surface area contributed by atoms with E-state index in [0.717, 1.165) is 53.4 Å². The van der Waals surface area contributed by atoms with Crippen molar-refractivity contribution in [2.45, 2.75) is 25.4 Å². The number of H-pyrrole nitrogens is 1. The monoisotopic (exact) mass is 396 g/mol. The first-order valence-corrected chi connectivity index (χ1v) is 9.92. The van der Waals surface area contributed by atoms with E-state index in [9.17, 15) is 4.79 Å². The predicted molar refractivity (Wildman–Crippen MR) is 115 cm³/mol. The molecule has 4 rings (SSSR count). The lowest BCUT2D eigenvalue weighted by Gasteiger charge is -2.34. The van der Waals surface area contributed by atoms with Gasteiger partial charge in [-0.25, -0.2) is 4.79 Å². The number of para-hydroxylation sites is 3. The lowest BCUT2D eigenvalue weighted by atomic mass is 10.0. The van der Waals surface area contributed by atoms with E-state index in [1.54, 1.807) is 7.11 Å². The van der Waals surface area contributed by atoms with Gasteiger partial charge < -0.3 is 19.9 Å². The van der Waals surface area contributed by atoms with Gasteiger partial charge in [-0.2, -0.15) is 0 Å². The summed E-state index contributed by atoms with van der Waals surface area (Å²) in [5, 5.41) is 4.08. The maximum atomic E-state index is 12.4. The number of likely N-dealkylation sites (tertiary alicyclic amines) is 1. The van der Waals surface area contributed by atoms with E-state index < -0.39 is 0 Å². The molecule has 7 heteroatoms. The van der Waals surface area contributed by atoms with Gasteiger partial charge in [0.25, 0.3) is 0 Å². The number of imidazole rings is 1. The lowest BCUT2D eigenvalue weighted by molar-refractivity contribution is 0.264. The van der Waals surface area contributed by atoms with Crippen LogP contribution in [0.25, 0.3) is 11.0 Å². The number of ether oxygens (including phenoxy) is 1. The first-order valence-electron chi connectivity index (χ1n) is 9.51. The largest absolute Gasteiger partial charge is 0.496 e. The minimum absolute atomic E-state index is 0.0310. The molecule has 0 unspecified atom stereocenters. The number of nitrogens with one attached hydrogen (secondary N) is 2. The summed E-state index contributed by atoms with van der Waals surface area (Å²) in [4.78, 5) is 17.5. The molecule has 1 fully saturated rings. The van der Waals surface area contributed by atoms with Crippen LogP contribution in [0.4, 0.5) is 0 Å². The summed E-state index contributed by atoms with van der Waals surface area (Å²) in [6.45, 7) is 2.29. The topological polar surface area (TPSA) is 62.3 Å². The Labute approximate surface area is 169 Å². The number of thiocarbonyl (C=S) groups is 1. The first-order chi connectivity index (χ1) is 13.7. The predicted octanol–water partition coefficient (Wildman–Crippen LogP) is 3.05. The molecule has 28 heavy (non-hydrogen) atoms. The van der Waals surface area contributed by atoms with Gasteiger partial charge in [0.15, 0.2) is 5.11 Å². The van der Waals surface area contributed by atoms with E-state index in [-0.39, 0.29) is 11.7 Å². The molecule has 146 valence electrons. The van der Waals surface area contributed by atoms with Crippen LogP contribution in [0.2, 0.25) is 0 Å². The van der Waals surface area contributed by atoms with Crippen molar-refractivity contribution < 1.29 is 4.74 Å². The molecule has 2 heterocycles. The fourth-order valence-corrected chi connectivity index (χ4v) is 4.15. The van der Waals surface area contributed by atoms with Crippen LogP contribution in [0.1, 0.15) is 24.4 Å². The second-order valence-corrected chi connectivity index (χ2v) is 7.39. The highest BCUT2D eigenvalue weighted by Gasteiger charge is 2.24. The number of benzene rings is 2. The fraction of sp³-hybridized carbons (Fsp3) is 0.333. The van der Waals surface area contributed by atoms with Crippen molar-refractivity contribution in [3.63, 3.8) is 0 Å². The second-order valence-electron chi connectivity index (χ2n) is 7.01. The Hall–Kier alpha value is -2.80. The third-order valence-corrected chi connectivity index (χ3v) is 5.77. The zero-order valence-corrected chi connectivity index (χ0v) is 16.7. The first kappa shape index (κ1) is 18.6. The van der Waals surface area contributed by atoms with Crippen LogP contribution in [0.5, 0.6) is 5.75 Å². The number of hydrogen-bond acceptors (Lipinski definition) is 3. The Morgan fingerprint density at radius 2 is 1.89 bits per heavy atom. The highest BCUT2D eigenvalue weighted by Crippen LogP contribution is 2.25. The van der Waals surface area contributed by atoms with Crippen molar-refractivity contribution in [3.05, 3.63) is 64.6 Å². The van der Waals surface area contributed by atoms with Gasteiger partial charge in [-0.15, -0.1) is 0 Å². The molecule has 1 saturated heterocycles. The van der Waals surface area contributed by atoms with Crippen LogP contribution in [0, 0.1) is 0 Å². The number of methoxy groups -OCH3 is 1. The van der Waals surface area contributed by atoms with Crippen LogP contribution < -0.4 is 15.7 Å². The summed E-state index contributed by atoms with van der Waals surface area (Å²) in [6.07, 6.45) is 1.77. The summed E-state index contributed by atoms with van der Waals surface area (Å²) >= 11 is 5.59. The zero-order valence-electron chi connectivity index (χ0n) is 15.9. The molecule has 0 aliphatic carbocycles. The maximum Gasteiger partial charge on any atom is 0.326 e. The molecular formula is C21H24N4O2S. The number of fused-ring (bicyclic) bond motifs is 1. The number of piperidine rings is 1. The number of rotatable bonds is 4. The van der Waals surface area contributed by atoms with E-state index >= 15 is 0 Å². The molecule has 0 spiro atoms. The average Bonchev–Trinajstić information content (AvgIpc) is 3.08. The van der Waals surface area contributed by atoms with Gasteiger partial charge in [-0.1, -0.05) is 30.3 Å². The molecule has 6 nitrogen and oxygen atoms in total. The smallest absolute Gasteiger partial charge is 0.326 e. The number of aromatic amines is 1. The van der Waals surface area contributed by atoms with E-state index in [2.05, 4.69) is 15.2 Å². The Bertz CT molecular complexity index is 1030. The van der Waals surface area contributed by atoms with Gasteiger partial charge in [0.2, 0.25) is 0 Å². The molecule has 1 aliphatic heterocycles. The fourth-order valence-electron chi connectivity index (χ4n) is 3.90. The second kappa shape index (κ2) is 8.06. The molecule has 0 atom stereocenters. The van der Waals surface area contributed by atoms with E-state index in [0.29, 0.717) is 6.54 Å². The summed E-state index contributed by atoms with van der Waals surface area (Å²) in [5.74, 6) is 0.857. The third kappa shape index (κ3) is 3.62. The minimum atomic E-state index is -0.0310. The SMILES string of the molecule is COc1ccccc1CNC(=S)N1CCC(n2c(=O)[nH]c3ccccc32)CC1. The molecule has 1 aromatic heterocycles. The molecule has 0 bridgehead atoms. The summed E-state index contributed by atoms with van der Waals surface area (Å²) in [5.41, 5.74) is 2.91. The Balaban J connectivity index is 1.38. The van der Waals surface area contributed by atoms with Crippen LogP contribution in [0.3, 0.4) is 0 Å². The van der Waals surface area contributed by atoms with Crippen molar-refractivity contribution >= 4 is 28.4 Å². The quantitative estimate of drug-likeness (QED) is 0.664. The number of nitrogens with zero attached hydrogens (tertiary/aromatic N) is 2. The summed E-state index contributed by atoms with van der Waals surface area (Å²) in [7, 11) is 1.68. The van der Waals surface area contributed by atoms with Crippen LogP contribution in [-0.4, -0.2) is 39.8 Å². The van der Waals surface area contributed by atoms with Crippen LogP contribution >= 0.6 is 12.2 Å². The molecule has 0 saturated carbocycles.